The zero-order chi connectivity index (χ0) is 15.3. The Morgan fingerprint density at radius 1 is 1.35 bits per heavy atom. The fraction of sp³-hybridized carbons (Fsp3) is 0.429. The first-order valence-corrected chi connectivity index (χ1v) is 6.42. The van der Waals surface area contributed by atoms with Crippen molar-refractivity contribution in [3.63, 3.8) is 0 Å². The number of carbonyl (C=O) groups is 2. The average Bonchev–Trinajstić information content (AvgIpc) is 2.36. The standard InChI is InChI=1S/C14H21N3O3/c1-4-7-20-11-6-5-9(8-10(11)15)12(18)17-14(2,3)13(16)19/h5-6,8H,4,7,15H2,1-3H3,(H2,16,19)(H,17,18). The highest BCUT2D eigenvalue weighted by Crippen LogP contribution is 2.23. The molecule has 6 heteroatoms. The molecule has 0 atom stereocenters. The summed E-state index contributed by atoms with van der Waals surface area (Å²) in [6.07, 6.45) is 0.870. The summed E-state index contributed by atoms with van der Waals surface area (Å²) < 4.78 is 5.43. The van der Waals surface area contributed by atoms with Gasteiger partial charge < -0.3 is 21.5 Å². The fourth-order valence-electron chi connectivity index (χ4n) is 1.45. The summed E-state index contributed by atoms with van der Waals surface area (Å²) in [4.78, 5) is 23.2. The zero-order valence-electron chi connectivity index (χ0n) is 12.0. The maximum Gasteiger partial charge on any atom is 0.252 e. The van der Waals surface area contributed by atoms with Crippen molar-refractivity contribution in [2.75, 3.05) is 12.3 Å². The monoisotopic (exact) mass is 279 g/mol. The van der Waals surface area contributed by atoms with Gasteiger partial charge in [0, 0.05) is 5.56 Å². The van der Waals surface area contributed by atoms with Crippen LogP contribution in [0.4, 0.5) is 5.69 Å². The lowest BCUT2D eigenvalue weighted by atomic mass is 10.0. The molecule has 0 radical (unpaired) electrons. The molecule has 0 fully saturated rings. The highest BCUT2D eigenvalue weighted by Gasteiger charge is 2.27. The average molecular weight is 279 g/mol. The lowest BCUT2D eigenvalue weighted by Gasteiger charge is -2.22. The van der Waals surface area contributed by atoms with E-state index < -0.39 is 17.4 Å². The van der Waals surface area contributed by atoms with E-state index in [2.05, 4.69) is 5.32 Å². The lowest BCUT2D eigenvalue weighted by molar-refractivity contribution is -0.122. The summed E-state index contributed by atoms with van der Waals surface area (Å²) in [5, 5.41) is 2.55. The first-order valence-electron chi connectivity index (χ1n) is 6.42. The van der Waals surface area contributed by atoms with Gasteiger partial charge in [0.05, 0.1) is 12.3 Å². The minimum atomic E-state index is -1.12. The third-order valence-corrected chi connectivity index (χ3v) is 2.78. The maximum absolute atomic E-state index is 12.0. The second-order valence-corrected chi connectivity index (χ2v) is 5.04. The van der Waals surface area contributed by atoms with Crippen LogP contribution >= 0.6 is 0 Å². The van der Waals surface area contributed by atoms with Gasteiger partial charge in [-0.15, -0.1) is 0 Å². The largest absolute Gasteiger partial charge is 0.491 e. The second-order valence-electron chi connectivity index (χ2n) is 5.04. The Kier molecular flexibility index (Phi) is 4.96. The highest BCUT2D eigenvalue weighted by molar-refractivity contribution is 5.99. The first-order chi connectivity index (χ1) is 9.27. The third kappa shape index (κ3) is 3.88. The van der Waals surface area contributed by atoms with Crippen LogP contribution in [0.25, 0.3) is 0 Å². The number of nitrogen functional groups attached to an aromatic ring is 1. The lowest BCUT2D eigenvalue weighted by Crippen LogP contribution is -2.53. The smallest absolute Gasteiger partial charge is 0.252 e. The molecule has 0 aliphatic heterocycles. The Bertz CT molecular complexity index is 512. The van der Waals surface area contributed by atoms with Crippen LogP contribution in [0.1, 0.15) is 37.6 Å². The van der Waals surface area contributed by atoms with E-state index in [1.165, 1.54) is 19.9 Å². The summed E-state index contributed by atoms with van der Waals surface area (Å²) in [6, 6.07) is 4.74. The van der Waals surface area contributed by atoms with E-state index in [-0.39, 0.29) is 0 Å². The molecule has 0 aliphatic rings. The number of rotatable bonds is 6. The van der Waals surface area contributed by atoms with Crippen LogP contribution in [-0.4, -0.2) is 24.0 Å². The Morgan fingerprint density at radius 2 is 2.00 bits per heavy atom. The molecule has 0 unspecified atom stereocenters. The maximum atomic E-state index is 12.0. The van der Waals surface area contributed by atoms with Crippen LogP contribution in [-0.2, 0) is 4.79 Å². The molecule has 1 aromatic carbocycles. The molecule has 6 nitrogen and oxygen atoms in total. The molecule has 0 saturated heterocycles. The van der Waals surface area contributed by atoms with Crippen molar-refractivity contribution in [3.05, 3.63) is 23.8 Å². The molecule has 0 heterocycles. The van der Waals surface area contributed by atoms with E-state index in [9.17, 15) is 9.59 Å². The predicted molar refractivity (Wildman–Crippen MR) is 77.4 cm³/mol. The van der Waals surface area contributed by atoms with Gasteiger partial charge in [0.15, 0.2) is 0 Å². The van der Waals surface area contributed by atoms with E-state index in [4.69, 9.17) is 16.2 Å². The SMILES string of the molecule is CCCOc1ccc(C(=O)NC(C)(C)C(N)=O)cc1N. The summed E-state index contributed by atoms with van der Waals surface area (Å²) >= 11 is 0. The van der Waals surface area contributed by atoms with Crippen LogP contribution in [0.3, 0.4) is 0 Å². The van der Waals surface area contributed by atoms with Gasteiger partial charge in [-0.1, -0.05) is 6.92 Å². The normalized spacial score (nSPS) is 10.9. The quantitative estimate of drug-likeness (QED) is 0.676. The molecule has 0 aliphatic carbocycles. The van der Waals surface area contributed by atoms with Crippen molar-refractivity contribution in [1.29, 1.82) is 0 Å². The van der Waals surface area contributed by atoms with E-state index in [1.54, 1.807) is 12.1 Å². The number of anilines is 1. The zero-order valence-corrected chi connectivity index (χ0v) is 12.0. The van der Waals surface area contributed by atoms with Crippen LogP contribution in [0, 0.1) is 0 Å². The summed E-state index contributed by atoms with van der Waals surface area (Å²) in [5.74, 6) is -0.484. The van der Waals surface area contributed by atoms with Crippen molar-refractivity contribution in [2.24, 2.45) is 5.73 Å². The van der Waals surface area contributed by atoms with E-state index >= 15 is 0 Å². The molecule has 20 heavy (non-hydrogen) atoms. The Labute approximate surface area is 118 Å². The Morgan fingerprint density at radius 3 is 2.50 bits per heavy atom. The predicted octanol–water partition coefficient (Wildman–Crippen LogP) is 1.05. The fourth-order valence-corrected chi connectivity index (χ4v) is 1.45. The number of hydrogen-bond donors (Lipinski definition) is 3. The van der Waals surface area contributed by atoms with Crippen LogP contribution in [0.15, 0.2) is 18.2 Å². The minimum absolute atomic E-state index is 0.348. The summed E-state index contributed by atoms with van der Waals surface area (Å²) in [5.41, 5.74) is 10.6. The Balaban J connectivity index is 2.85. The van der Waals surface area contributed by atoms with Crippen LogP contribution in [0.5, 0.6) is 5.75 Å². The third-order valence-electron chi connectivity index (χ3n) is 2.78. The number of amides is 2. The van der Waals surface area contributed by atoms with Crippen molar-refractivity contribution in [1.82, 2.24) is 5.32 Å². The molecule has 5 N–H and O–H groups in total. The van der Waals surface area contributed by atoms with E-state index in [0.717, 1.165) is 6.42 Å². The van der Waals surface area contributed by atoms with Crippen molar-refractivity contribution in [3.8, 4) is 5.75 Å². The minimum Gasteiger partial charge on any atom is -0.491 e. The van der Waals surface area contributed by atoms with Gasteiger partial charge >= 0.3 is 0 Å². The molecule has 0 spiro atoms. The van der Waals surface area contributed by atoms with Crippen molar-refractivity contribution in [2.45, 2.75) is 32.7 Å². The summed E-state index contributed by atoms with van der Waals surface area (Å²) in [6.45, 7) is 5.62. The number of carbonyl (C=O) groups excluding carboxylic acids is 2. The van der Waals surface area contributed by atoms with E-state index in [0.29, 0.717) is 23.6 Å². The molecular formula is C14H21N3O3. The number of nitrogens with one attached hydrogen (secondary N) is 1. The number of ether oxygens (including phenoxy) is 1. The highest BCUT2D eigenvalue weighted by atomic mass is 16.5. The molecule has 0 aromatic heterocycles. The molecular weight excluding hydrogens is 258 g/mol. The molecule has 1 rings (SSSR count). The molecule has 1 aromatic rings. The molecule has 0 saturated carbocycles. The van der Waals surface area contributed by atoms with Gasteiger partial charge in [-0.05, 0) is 38.5 Å². The number of nitrogens with two attached hydrogens (primary N) is 2. The first kappa shape index (κ1) is 15.8. The second kappa shape index (κ2) is 6.27. The molecule has 110 valence electrons. The van der Waals surface area contributed by atoms with Crippen molar-refractivity contribution < 1.29 is 14.3 Å². The Hall–Kier alpha value is -2.24. The van der Waals surface area contributed by atoms with Gasteiger partial charge in [-0.25, -0.2) is 0 Å². The van der Waals surface area contributed by atoms with Gasteiger partial charge in [-0.2, -0.15) is 0 Å². The van der Waals surface area contributed by atoms with Crippen LogP contribution < -0.4 is 21.5 Å². The van der Waals surface area contributed by atoms with E-state index in [1.807, 2.05) is 6.92 Å². The van der Waals surface area contributed by atoms with Gasteiger partial charge in [-0.3, -0.25) is 9.59 Å². The molecule has 2 amide bonds. The van der Waals surface area contributed by atoms with Gasteiger partial charge in [0.25, 0.3) is 5.91 Å². The number of benzene rings is 1. The van der Waals surface area contributed by atoms with Crippen molar-refractivity contribution >= 4 is 17.5 Å². The molecule has 0 bridgehead atoms. The van der Waals surface area contributed by atoms with Gasteiger partial charge in [0.1, 0.15) is 11.3 Å². The number of hydrogen-bond acceptors (Lipinski definition) is 4. The number of primary amides is 1. The topological polar surface area (TPSA) is 107 Å². The summed E-state index contributed by atoms with van der Waals surface area (Å²) in [7, 11) is 0. The van der Waals surface area contributed by atoms with Gasteiger partial charge in [0.2, 0.25) is 5.91 Å². The van der Waals surface area contributed by atoms with Crippen LogP contribution in [0.2, 0.25) is 0 Å².